The van der Waals surface area contributed by atoms with Crippen LogP contribution < -0.4 is 5.32 Å². The molecule has 1 aliphatic heterocycles. The predicted octanol–water partition coefficient (Wildman–Crippen LogP) is 0.448. The molecule has 2 amide bonds. The van der Waals surface area contributed by atoms with Crippen LogP contribution in [0.2, 0.25) is 0 Å². The minimum absolute atomic E-state index is 0.153. The average Bonchev–Trinajstić information content (AvgIpc) is 2.30. The third-order valence-electron chi connectivity index (χ3n) is 3.25. The van der Waals surface area contributed by atoms with E-state index in [9.17, 15) is 19.8 Å². The number of nitrogens with one attached hydrogen (secondary N) is 1. The third kappa shape index (κ3) is 2.33. The van der Waals surface area contributed by atoms with Gasteiger partial charge in [0.2, 0.25) is 5.91 Å². The quantitative estimate of drug-likeness (QED) is 0.687. The zero-order valence-corrected chi connectivity index (χ0v) is 10.8. The number of carbonyl (C=O) groups excluding carboxylic acids is 2. The van der Waals surface area contributed by atoms with Crippen molar-refractivity contribution in [3.8, 4) is 11.5 Å². The van der Waals surface area contributed by atoms with Crippen LogP contribution in [-0.2, 0) is 4.79 Å². The van der Waals surface area contributed by atoms with Gasteiger partial charge in [-0.25, -0.2) is 0 Å². The number of benzene rings is 1. The van der Waals surface area contributed by atoms with Gasteiger partial charge >= 0.3 is 0 Å². The van der Waals surface area contributed by atoms with Crippen molar-refractivity contribution < 1.29 is 19.8 Å². The number of hydrogen-bond acceptors (Lipinski definition) is 4. The van der Waals surface area contributed by atoms with E-state index in [-0.39, 0.29) is 23.0 Å². The smallest absolute Gasteiger partial charge is 0.255 e. The highest BCUT2D eigenvalue weighted by atomic mass is 16.3. The first-order valence-corrected chi connectivity index (χ1v) is 5.95. The maximum absolute atomic E-state index is 12.4. The fraction of sp³-hybridized carbons (Fsp3) is 0.385. The molecule has 0 aromatic heterocycles. The summed E-state index contributed by atoms with van der Waals surface area (Å²) in [5.74, 6) is -1.01. The van der Waals surface area contributed by atoms with Crippen LogP contribution in [0, 0.1) is 0 Å². The Balaban J connectivity index is 2.35. The molecule has 1 saturated heterocycles. The van der Waals surface area contributed by atoms with Crippen LogP contribution in [0.5, 0.6) is 11.5 Å². The van der Waals surface area contributed by atoms with Crippen molar-refractivity contribution in [2.24, 2.45) is 0 Å². The van der Waals surface area contributed by atoms with Gasteiger partial charge in [-0.3, -0.25) is 9.59 Å². The van der Waals surface area contributed by atoms with Crippen molar-refractivity contribution in [2.75, 3.05) is 13.1 Å². The molecule has 1 aromatic rings. The molecular formula is C13H16N2O4. The Morgan fingerprint density at radius 1 is 1.26 bits per heavy atom. The Kier molecular flexibility index (Phi) is 3.09. The zero-order chi connectivity index (χ0) is 14.2. The summed E-state index contributed by atoms with van der Waals surface area (Å²) >= 11 is 0. The minimum atomic E-state index is -0.962. The van der Waals surface area contributed by atoms with E-state index in [1.165, 1.54) is 17.0 Å². The molecule has 0 radical (unpaired) electrons. The lowest BCUT2D eigenvalue weighted by atomic mass is 9.97. The molecule has 0 aliphatic carbocycles. The zero-order valence-electron chi connectivity index (χ0n) is 10.8. The molecule has 0 atom stereocenters. The van der Waals surface area contributed by atoms with E-state index in [0.717, 1.165) is 6.07 Å². The monoisotopic (exact) mass is 264 g/mol. The van der Waals surface area contributed by atoms with Crippen molar-refractivity contribution >= 4 is 11.8 Å². The van der Waals surface area contributed by atoms with E-state index >= 15 is 0 Å². The van der Waals surface area contributed by atoms with Crippen molar-refractivity contribution in [3.05, 3.63) is 23.8 Å². The van der Waals surface area contributed by atoms with Crippen molar-refractivity contribution in [1.29, 1.82) is 0 Å². The standard InChI is InChI=1S/C13H16N2O4/c1-13(2)12(19)14-3-4-15(13)11(18)8-5-9(16)7-10(17)6-8/h5-7,16-17H,3-4H2,1-2H3,(H,14,19). The number of amides is 2. The van der Waals surface area contributed by atoms with Crippen molar-refractivity contribution in [2.45, 2.75) is 19.4 Å². The number of aromatic hydroxyl groups is 2. The molecule has 0 saturated carbocycles. The van der Waals surface area contributed by atoms with Gasteiger partial charge in [0.05, 0.1) is 0 Å². The predicted molar refractivity (Wildman–Crippen MR) is 67.9 cm³/mol. The second-order valence-electron chi connectivity index (χ2n) is 5.01. The van der Waals surface area contributed by atoms with Crippen molar-refractivity contribution in [3.63, 3.8) is 0 Å². The van der Waals surface area contributed by atoms with Gasteiger partial charge in [-0.05, 0) is 26.0 Å². The summed E-state index contributed by atoms with van der Waals surface area (Å²) in [5.41, 5.74) is -0.809. The summed E-state index contributed by atoms with van der Waals surface area (Å²) in [6.07, 6.45) is 0. The minimum Gasteiger partial charge on any atom is -0.508 e. The molecule has 2 rings (SSSR count). The molecule has 0 unspecified atom stereocenters. The number of nitrogens with zero attached hydrogens (tertiary/aromatic N) is 1. The lowest BCUT2D eigenvalue weighted by molar-refractivity contribution is -0.133. The third-order valence-corrected chi connectivity index (χ3v) is 3.25. The number of piperazine rings is 1. The van der Waals surface area contributed by atoms with E-state index in [1.54, 1.807) is 13.8 Å². The highest BCUT2D eigenvalue weighted by molar-refractivity contribution is 6.00. The molecule has 1 aliphatic rings. The van der Waals surface area contributed by atoms with E-state index < -0.39 is 11.4 Å². The molecule has 1 fully saturated rings. The highest BCUT2D eigenvalue weighted by Gasteiger charge is 2.40. The Labute approximate surface area is 110 Å². The van der Waals surface area contributed by atoms with Gasteiger partial charge in [-0.1, -0.05) is 0 Å². The van der Waals surface area contributed by atoms with Crippen LogP contribution in [0.15, 0.2) is 18.2 Å². The molecule has 1 heterocycles. The van der Waals surface area contributed by atoms with Gasteiger partial charge in [0.15, 0.2) is 0 Å². The molecule has 3 N–H and O–H groups in total. The summed E-state index contributed by atoms with van der Waals surface area (Å²) in [6, 6.07) is 3.68. The summed E-state index contributed by atoms with van der Waals surface area (Å²) < 4.78 is 0. The van der Waals surface area contributed by atoms with Crippen LogP contribution in [0.1, 0.15) is 24.2 Å². The molecule has 0 spiro atoms. The van der Waals surface area contributed by atoms with Crippen LogP contribution in [0.25, 0.3) is 0 Å². The molecule has 1 aromatic carbocycles. The average molecular weight is 264 g/mol. The lowest BCUT2D eigenvalue weighted by Crippen LogP contribution is -2.63. The van der Waals surface area contributed by atoms with Crippen LogP contribution in [-0.4, -0.2) is 45.6 Å². The van der Waals surface area contributed by atoms with E-state index in [0.29, 0.717) is 13.1 Å². The van der Waals surface area contributed by atoms with E-state index in [1.807, 2.05) is 0 Å². The molecule has 6 heteroatoms. The van der Waals surface area contributed by atoms with E-state index in [2.05, 4.69) is 5.32 Å². The summed E-state index contributed by atoms with van der Waals surface area (Å²) in [5, 5.41) is 21.5. The number of phenols is 2. The normalized spacial score (nSPS) is 18.0. The Morgan fingerprint density at radius 3 is 2.42 bits per heavy atom. The summed E-state index contributed by atoms with van der Waals surface area (Å²) in [6.45, 7) is 4.08. The molecular weight excluding hydrogens is 248 g/mol. The van der Waals surface area contributed by atoms with Gasteiger partial charge in [0.25, 0.3) is 5.91 Å². The fourth-order valence-corrected chi connectivity index (χ4v) is 2.13. The first-order valence-electron chi connectivity index (χ1n) is 5.95. The summed E-state index contributed by atoms with van der Waals surface area (Å²) in [7, 11) is 0. The lowest BCUT2D eigenvalue weighted by Gasteiger charge is -2.41. The number of carbonyl (C=O) groups is 2. The second kappa shape index (κ2) is 4.46. The molecule has 102 valence electrons. The van der Waals surface area contributed by atoms with Crippen LogP contribution in [0.4, 0.5) is 0 Å². The van der Waals surface area contributed by atoms with Gasteiger partial charge in [-0.2, -0.15) is 0 Å². The number of phenolic OH excluding ortho intramolecular Hbond substituents is 2. The Morgan fingerprint density at radius 2 is 1.84 bits per heavy atom. The second-order valence-corrected chi connectivity index (χ2v) is 5.01. The maximum Gasteiger partial charge on any atom is 0.255 e. The topological polar surface area (TPSA) is 89.9 Å². The summed E-state index contributed by atoms with van der Waals surface area (Å²) in [4.78, 5) is 25.6. The molecule has 0 bridgehead atoms. The first kappa shape index (κ1) is 13.2. The van der Waals surface area contributed by atoms with Gasteiger partial charge < -0.3 is 20.4 Å². The van der Waals surface area contributed by atoms with Gasteiger partial charge in [0.1, 0.15) is 17.0 Å². The van der Waals surface area contributed by atoms with Gasteiger partial charge in [-0.15, -0.1) is 0 Å². The number of hydrogen-bond donors (Lipinski definition) is 3. The molecule has 6 nitrogen and oxygen atoms in total. The number of rotatable bonds is 1. The Bertz CT molecular complexity index is 519. The SMILES string of the molecule is CC1(C)C(=O)NCCN1C(=O)c1cc(O)cc(O)c1. The first-order chi connectivity index (χ1) is 8.82. The Hall–Kier alpha value is -2.24. The fourth-order valence-electron chi connectivity index (χ4n) is 2.13. The van der Waals surface area contributed by atoms with Crippen molar-refractivity contribution in [1.82, 2.24) is 10.2 Å². The van der Waals surface area contributed by atoms with Crippen LogP contribution >= 0.6 is 0 Å². The maximum atomic E-state index is 12.4. The highest BCUT2D eigenvalue weighted by Crippen LogP contribution is 2.25. The van der Waals surface area contributed by atoms with E-state index in [4.69, 9.17) is 0 Å². The molecule has 19 heavy (non-hydrogen) atoms. The van der Waals surface area contributed by atoms with Gasteiger partial charge in [0, 0.05) is 24.7 Å². The van der Waals surface area contributed by atoms with Crippen LogP contribution in [0.3, 0.4) is 0 Å². The largest absolute Gasteiger partial charge is 0.508 e.